The Labute approximate surface area is 104 Å². The van der Waals surface area contributed by atoms with Gasteiger partial charge >= 0.3 is 0 Å². The molecule has 100 valence electrons. The van der Waals surface area contributed by atoms with Crippen LogP contribution < -0.4 is 0 Å². The first-order chi connectivity index (χ1) is 7.96. The summed E-state index contributed by atoms with van der Waals surface area (Å²) in [4.78, 5) is 2.32. The highest BCUT2D eigenvalue weighted by atomic mass is 16.5. The zero-order chi connectivity index (χ0) is 12.5. The Kier molecular flexibility index (Phi) is 4.08. The van der Waals surface area contributed by atoms with Crippen molar-refractivity contribution in [3.63, 3.8) is 0 Å². The minimum absolute atomic E-state index is 0.108. The molecule has 0 aliphatic carbocycles. The van der Waals surface area contributed by atoms with Gasteiger partial charge in [-0.25, -0.2) is 0 Å². The van der Waals surface area contributed by atoms with Crippen LogP contribution in [0.4, 0.5) is 0 Å². The first-order valence-electron chi connectivity index (χ1n) is 6.62. The van der Waals surface area contributed by atoms with Crippen LogP contribution in [0.25, 0.3) is 0 Å². The average molecular weight is 243 g/mol. The molecule has 0 saturated carbocycles. The number of morpholine rings is 1. The molecule has 0 aromatic carbocycles. The van der Waals surface area contributed by atoms with Crippen molar-refractivity contribution in [2.75, 3.05) is 32.8 Å². The van der Waals surface area contributed by atoms with Gasteiger partial charge in [-0.3, -0.25) is 4.90 Å². The van der Waals surface area contributed by atoms with Crippen molar-refractivity contribution in [3.05, 3.63) is 0 Å². The fraction of sp³-hybridized carbons (Fsp3) is 1.00. The van der Waals surface area contributed by atoms with Gasteiger partial charge in [0.05, 0.1) is 24.4 Å². The second kappa shape index (κ2) is 5.22. The van der Waals surface area contributed by atoms with Crippen molar-refractivity contribution in [1.82, 2.24) is 4.90 Å². The third-order valence-electron chi connectivity index (χ3n) is 3.59. The minimum atomic E-state index is -0.265. The summed E-state index contributed by atoms with van der Waals surface area (Å²) >= 11 is 0. The van der Waals surface area contributed by atoms with Gasteiger partial charge in [0.1, 0.15) is 0 Å². The van der Waals surface area contributed by atoms with Crippen LogP contribution in [0.5, 0.6) is 0 Å². The highest BCUT2D eigenvalue weighted by Gasteiger charge is 2.33. The lowest BCUT2D eigenvalue weighted by atomic mass is 9.99. The Balaban J connectivity index is 1.85. The molecule has 0 bridgehead atoms. The number of hydrogen-bond donors (Lipinski definition) is 1. The molecule has 2 fully saturated rings. The number of β-amino-alcohol motifs (C(OH)–C–C–N with tert-alkyl or cyclic N) is 1. The Hall–Kier alpha value is -0.160. The largest absolute Gasteiger partial charge is 0.391 e. The lowest BCUT2D eigenvalue weighted by molar-refractivity contribution is -0.135. The number of ether oxygens (including phenoxy) is 2. The molecular weight excluding hydrogens is 218 g/mol. The minimum Gasteiger partial charge on any atom is -0.391 e. The number of aliphatic hydroxyl groups excluding tert-OH is 1. The van der Waals surface area contributed by atoms with Gasteiger partial charge in [0.25, 0.3) is 0 Å². The van der Waals surface area contributed by atoms with E-state index in [1.165, 1.54) is 0 Å². The zero-order valence-corrected chi connectivity index (χ0v) is 11.2. The molecule has 0 amide bonds. The molecule has 4 nitrogen and oxygen atoms in total. The summed E-state index contributed by atoms with van der Waals surface area (Å²) in [6, 6.07) is 0. The number of rotatable bonds is 3. The van der Waals surface area contributed by atoms with E-state index in [-0.39, 0.29) is 17.8 Å². The Morgan fingerprint density at radius 1 is 1.47 bits per heavy atom. The van der Waals surface area contributed by atoms with Gasteiger partial charge < -0.3 is 14.6 Å². The first kappa shape index (κ1) is 13.3. The predicted octanol–water partition coefficient (Wildman–Crippen LogP) is 0.883. The van der Waals surface area contributed by atoms with Crippen LogP contribution in [-0.2, 0) is 9.47 Å². The van der Waals surface area contributed by atoms with E-state index in [0.717, 1.165) is 32.7 Å². The van der Waals surface area contributed by atoms with E-state index in [1.54, 1.807) is 0 Å². The van der Waals surface area contributed by atoms with Gasteiger partial charge in [0.15, 0.2) is 0 Å². The van der Waals surface area contributed by atoms with Crippen LogP contribution in [0.2, 0.25) is 0 Å². The van der Waals surface area contributed by atoms with Crippen molar-refractivity contribution in [1.29, 1.82) is 0 Å². The van der Waals surface area contributed by atoms with Gasteiger partial charge in [-0.1, -0.05) is 0 Å². The Morgan fingerprint density at radius 2 is 2.24 bits per heavy atom. The summed E-state index contributed by atoms with van der Waals surface area (Å²) in [7, 11) is 0. The van der Waals surface area contributed by atoms with Crippen LogP contribution in [-0.4, -0.2) is 60.7 Å². The van der Waals surface area contributed by atoms with Crippen molar-refractivity contribution >= 4 is 0 Å². The molecule has 2 rings (SSSR count). The first-order valence-corrected chi connectivity index (χ1v) is 6.62. The smallest absolute Gasteiger partial charge is 0.0757 e. The molecule has 2 heterocycles. The summed E-state index contributed by atoms with van der Waals surface area (Å²) < 4.78 is 11.2. The Bertz CT molecular complexity index is 251. The lowest BCUT2D eigenvalue weighted by Gasteiger charge is -2.42. The van der Waals surface area contributed by atoms with Gasteiger partial charge in [0.2, 0.25) is 0 Å². The monoisotopic (exact) mass is 243 g/mol. The SMILES string of the molecule is CC1CN(CC(O)C2CCOC2)CC(C)(C)O1. The maximum absolute atomic E-state index is 10.2. The van der Waals surface area contributed by atoms with E-state index in [0.29, 0.717) is 12.5 Å². The van der Waals surface area contributed by atoms with Crippen molar-refractivity contribution in [2.45, 2.75) is 45.0 Å². The molecule has 0 aromatic rings. The molecule has 0 radical (unpaired) electrons. The summed E-state index contributed by atoms with van der Waals surface area (Å²) in [5, 5.41) is 10.2. The highest BCUT2D eigenvalue weighted by molar-refractivity contribution is 4.85. The van der Waals surface area contributed by atoms with Gasteiger partial charge in [0, 0.05) is 32.2 Å². The third kappa shape index (κ3) is 3.65. The second-order valence-electron chi connectivity index (χ2n) is 6.07. The molecule has 1 N–H and O–H groups in total. The van der Waals surface area contributed by atoms with Crippen molar-refractivity contribution in [3.8, 4) is 0 Å². The molecule has 0 aromatic heterocycles. The molecule has 17 heavy (non-hydrogen) atoms. The molecule has 0 spiro atoms. The highest BCUT2D eigenvalue weighted by Crippen LogP contribution is 2.23. The van der Waals surface area contributed by atoms with E-state index in [2.05, 4.69) is 25.7 Å². The molecule has 2 aliphatic heterocycles. The maximum atomic E-state index is 10.2. The van der Waals surface area contributed by atoms with Crippen molar-refractivity contribution in [2.24, 2.45) is 5.92 Å². The summed E-state index contributed by atoms with van der Waals surface area (Å²) in [5.74, 6) is 0.316. The number of nitrogens with zero attached hydrogens (tertiary/aromatic N) is 1. The topological polar surface area (TPSA) is 41.9 Å². The predicted molar refractivity (Wildman–Crippen MR) is 66.0 cm³/mol. The number of aliphatic hydroxyl groups is 1. The summed E-state index contributed by atoms with van der Waals surface area (Å²) in [5.41, 5.74) is -0.108. The van der Waals surface area contributed by atoms with Gasteiger partial charge in [-0.05, 0) is 27.2 Å². The molecular formula is C13H25NO3. The molecule has 4 heteroatoms. The zero-order valence-electron chi connectivity index (χ0n) is 11.2. The van der Waals surface area contributed by atoms with E-state index in [1.807, 2.05) is 0 Å². The van der Waals surface area contributed by atoms with Gasteiger partial charge in [-0.15, -0.1) is 0 Å². The Morgan fingerprint density at radius 3 is 2.82 bits per heavy atom. The van der Waals surface area contributed by atoms with E-state index in [4.69, 9.17) is 9.47 Å². The molecule has 3 atom stereocenters. The van der Waals surface area contributed by atoms with Crippen molar-refractivity contribution < 1.29 is 14.6 Å². The molecule has 2 aliphatic rings. The standard InChI is InChI=1S/C13H25NO3/c1-10-6-14(9-13(2,3)17-10)7-12(15)11-4-5-16-8-11/h10-12,15H,4-9H2,1-3H3. The fourth-order valence-electron chi connectivity index (χ4n) is 2.99. The van der Waals surface area contributed by atoms with Gasteiger partial charge in [-0.2, -0.15) is 0 Å². The van der Waals surface area contributed by atoms with Crippen LogP contribution in [0.3, 0.4) is 0 Å². The third-order valence-corrected chi connectivity index (χ3v) is 3.59. The summed E-state index contributed by atoms with van der Waals surface area (Å²) in [6.45, 7) is 10.4. The fourth-order valence-corrected chi connectivity index (χ4v) is 2.99. The second-order valence-corrected chi connectivity index (χ2v) is 6.07. The van der Waals surface area contributed by atoms with Crippen LogP contribution >= 0.6 is 0 Å². The average Bonchev–Trinajstić information content (AvgIpc) is 2.65. The van der Waals surface area contributed by atoms with Crippen LogP contribution in [0, 0.1) is 5.92 Å². The maximum Gasteiger partial charge on any atom is 0.0757 e. The van der Waals surface area contributed by atoms with Crippen LogP contribution in [0.15, 0.2) is 0 Å². The van der Waals surface area contributed by atoms with E-state index in [9.17, 15) is 5.11 Å². The van der Waals surface area contributed by atoms with Crippen LogP contribution in [0.1, 0.15) is 27.2 Å². The number of hydrogen-bond acceptors (Lipinski definition) is 4. The molecule has 2 saturated heterocycles. The van der Waals surface area contributed by atoms with E-state index >= 15 is 0 Å². The normalized spacial score (nSPS) is 36.0. The lowest BCUT2D eigenvalue weighted by Crippen LogP contribution is -2.54. The van der Waals surface area contributed by atoms with E-state index < -0.39 is 0 Å². The summed E-state index contributed by atoms with van der Waals surface area (Å²) in [6.07, 6.45) is 0.967. The quantitative estimate of drug-likeness (QED) is 0.799. The molecule has 3 unspecified atom stereocenters.